The third kappa shape index (κ3) is 7.26. The molecule has 6 heteroatoms. The van der Waals surface area contributed by atoms with E-state index in [1.54, 1.807) is 0 Å². The van der Waals surface area contributed by atoms with Crippen molar-refractivity contribution >= 4 is 15.9 Å². The number of nitrogens with one attached hydrogen (secondary N) is 1. The van der Waals surface area contributed by atoms with E-state index in [2.05, 4.69) is 21.2 Å². The van der Waals surface area contributed by atoms with E-state index in [-0.39, 0.29) is 12.7 Å². The number of rotatable bonds is 8. The van der Waals surface area contributed by atoms with Crippen molar-refractivity contribution in [2.75, 3.05) is 19.7 Å². The highest BCUT2D eigenvalue weighted by molar-refractivity contribution is 9.10. The maximum Gasteiger partial charge on any atom is 0.391 e. The average Bonchev–Trinajstić information content (AvgIpc) is 2.36. The molecule has 114 valence electrons. The Morgan fingerprint density at radius 3 is 2.70 bits per heavy atom. The molecule has 0 saturated heterocycles. The topological polar surface area (TPSA) is 21.3 Å². The van der Waals surface area contributed by atoms with Crippen molar-refractivity contribution in [3.8, 4) is 0 Å². The van der Waals surface area contributed by atoms with Crippen molar-refractivity contribution in [2.45, 2.75) is 32.0 Å². The van der Waals surface area contributed by atoms with Crippen LogP contribution in [-0.2, 0) is 4.74 Å². The highest BCUT2D eigenvalue weighted by atomic mass is 79.9. The predicted octanol–water partition coefficient (Wildman–Crippen LogP) is 4.46. The van der Waals surface area contributed by atoms with Gasteiger partial charge < -0.3 is 10.1 Å². The van der Waals surface area contributed by atoms with Crippen molar-refractivity contribution in [3.63, 3.8) is 0 Å². The van der Waals surface area contributed by atoms with E-state index < -0.39 is 12.6 Å². The molecule has 0 aliphatic heterocycles. The maximum absolute atomic E-state index is 12.2. The van der Waals surface area contributed by atoms with Crippen molar-refractivity contribution in [2.24, 2.45) is 0 Å². The highest BCUT2D eigenvalue weighted by Crippen LogP contribution is 2.24. The van der Waals surface area contributed by atoms with Crippen LogP contribution in [0.3, 0.4) is 0 Å². The molecule has 1 aromatic carbocycles. The lowest BCUT2D eigenvalue weighted by Crippen LogP contribution is -2.25. The quantitative estimate of drug-likeness (QED) is 0.696. The molecule has 0 bridgehead atoms. The van der Waals surface area contributed by atoms with Gasteiger partial charge in [0.05, 0.1) is 19.1 Å². The fraction of sp³-hybridized carbons (Fsp3) is 0.571. The van der Waals surface area contributed by atoms with E-state index in [9.17, 15) is 13.2 Å². The van der Waals surface area contributed by atoms with Crippen LogP contribution in [0.2, 0.25) is 0 Å². The van der Waals surface area contributed by atoms with Gasteiger partial charge >= 0.3 is 6.18 Å². The molecule has 0 heterocycles. The van der Waals surface area contributed by atoms with Gasteiger partial charge in [0.25, 0.3) is 0 Å². The van der Waals surface area contributed by atoms with Crippen LogP contribution >= 0.6 is 15.9 Å². The highest BCUT2D eigenvalue weighted by Gasteiger charge is 2.27. The summed E-state index contributed by atoms with van der Waals surface area (Å²) < 4.78 is 42.8. The minimum Gasteiger partial charge on any atom is -0.372 e. The molecule has 1 N–H and O–H groups in total. The van der Waals surface area contributed by atoms with Gasteiger partial charge in [-0.25, -0.2) is 0 Å². The molecule has 0 aliphatic rings. The lowest BCUT2D eigenvalue weighted by molar-refractivity contribution is -0.149. The summed E-state index contributed by atoms with van der Waals surface area (Å²) in [5, 5.41) is 3.18. The molecular weight excluding hydrogens is 335 g/mol. The van der Waals surface area contributed by atoms with Gasteiger partial charge in [-0.05, 0) is 30.7 Å². The predicted molar refractivity (Wildman–Crippen MR) is 76.7 cm³/mol. The van der Waals surface area contributed by atoms with Crippen molar-refractivity contribution < 1.29 is 17.9 Å². The number of ether oxygens (including phenoxy) is 1. The van der Waals surface area contributed by atoms with Crippen LogP contribution in [0.4, 0.5) is 13.2 Å². The summed E-state index contributed by atoms with van der Waals surface area (Å²) in [4.78, 5) is 0. The second-order valence-corrected chi connectivity index (χ2v) is 5.40. The molecule has 0 aliphatic carbocycles. The molecule has 0 radical (unpaired) electrons. The first-order chi connectivity index (χ1) is 9.42. The van der Waals surface area contributed by atoms with E-state index in [0.717, 1.165) is 23.0 Å². The molecule has 1 rings (SSSR count). The second-order valence-electron chi connectivity index (χ2n) is 4.48. The zero-order chi connectivity index (χ0) is 15.0. The molecule has 0 fully saturated rings. The number of benzene rings is 1. The molecule has 2 nitrogen and oxygen atoms in total. The molecule has 0 amide bonds. The Kier molecular flexibility index (Phi) is 7.55. The fourth-order valence-electron chi connectivity index (χ4n) is 1.71. The van der Waals surface area contributed by atoms with Crippen LogP contribution in [0.1, 0.15) is 31.4 Å². The van der Waals surface area contributed by atoms with Crippen LogP contribution in [-0.4, -0.2) is 25.9 Å². The first kappa shape index (κ1) is 17.5. The van der Waals surface area contributed by atoms with Gasteiger partial charge in [-0.1, -0.05) is 35.0 Å². The molecule has 0 aromatic heterocycles. The first-order valence-corrected chi connectivity index (χ1v) is 7.36. The number of alkyl halides is 3. The minimum absolute atomic E-state index is 0.325. The van der Waals surface area contributed by atoms with Gasteiger partial charge in [-0.2, -0.15) is 13.2 Å². The molecular formula is C14H19BrF3NO. The van der Waals surface area contributed by atoms with Crippen LogP contribution in [0.15, 0.2) is 28.7 Å². The summed E-state index contributed by atoms with van der Waals surface area (Å²) in [5.41, 5.74) is 0.866. The molecule has 1 aromatic rings. The molecule has 20 heavy (non-hydrogen) atoms. The van der Waals surface area contributed by atoms with E-state index in [4.69, 9.17) is 4.74 Å². The summed E-state index contributed by atoms with van der Waals surface area (Å²) in [7, 11) is 0. The van der Waals surface area contributed by atoms with Gasteiger partial charge in [-0.15, -0.1) is 0 Å². The van der Waals surface area contributed by atoms with Gasteiger partial charge in [0.2, 0.25) is 0 Å². The number of halogens is 4. The average molecular weight is 354 g/mol. The van der Waals surface area contributed by atoms with Gasteiger partial charge in [0, 0.05) is 11.0 Å². The maximum atomic E-state index is 12.2. The minimum atomic E-state index is -4.18. The van der Waals surface area contributed by atoms with Crippen LogP contribution in [0, 0.1) is 0 Å². The third-order valence-electron chi connectivity index (χ3n) is 2.68. The first-order valence-electron chi connectivity index (χ1n) is 6.57. The van der Waals surface area contributed by atoms with Gasteiger partial charge in [-0.3, -0.25) is 0 Å². The van der Waals surface area contributed by atoms with Crippen molar-refractivity contribution in [1.29, 1.82) is 0 Å². The molecule has 1 atom stereocenters. The van der Waals surface area contributed by atoms with E-state index in [0.29, 0.717) is 6.54 Å². The summed E-state index contributed by atoms with van der Waals surface area (Å²) in [5.74, 6) is 0. The Balaban J connectivity index is 2.60. The SMILES string of the molecule is CCCNCC(OCCC(F)(F)F)c1cccc(Br)c1. The van der Waals surface area contributed by atoms with E-state index in [1.807, 2.05) is 31.2 Å². The largest absolute Gasteiger partial charge is 0.391 e. The fourth-order valence-corrected chi connectivity index (χ4v) is 2.12. The Morgan fingerprint density at radius 2 is 2.10 bits per heavy atom. The van der Waals surface area contributed by atoms with Crippen molar-refractivity contribution in [3.05, 3.63) is 34.3 Å². The van der Waals surface area contributed by atoms with E-state index >= 15 is 0 Å². The van der Waals surface area contributed by atoms with Crippen LogP contribution < -0.4 is 5.32 Å². The molecule has 0 spiro atoms. The molecule has 1 unspecified atom stereocenters. The lowest BCUT2D eigenvalue weighted by Gasteiger charge is -2.20. The lowest BCUT2D eigenvalue weighted by atomic mass is 10.1. The van der Waals surface area contributed by atoms with Crippen LogP contribution in [0.5, 0.6) is 0 Å². The van der Waals surface area contributed by atoms with Crippen molar-refractivity contribution in [1.82, 2.24) is 5.32 Å². The standard InChI is InChI=1S/C14H19BrF3NO/c1-2-7-19-10-13(20-8-6-14(16,17)18)11-4-3-5-12(15)9-11/h3-5,9,13,19H,2,6-8,10H2,1H3. The summed E-state index contributed by atoms with van der Waals surface area (Å²) in [6, 6.07) is 7.44. The second kappa shape index (κ2) is 8.64. The zero-order valence-corrected chi connectivity index (χ0v) is 12.9. The summed E-state index contributed by atoms with van der Waals surface area (Å²) >= 11 is 3.36. The third-order valence-corrected chi connectivity index (χ3v) is 3.17. The monoisotopic (exact) mass is 353 g/mol. The Labute approximate surface area is 125 Å². The summed E-state index contributed by atoms with van der Waals surface area (Å²) in [6.45, 7) is 3.02. The van der Waals surface area contributed by atoms with Gasteiger partial charge in [0.1, 0.15) is 0 Å². The van der Waals surface area contributed by atoms with Crippen LogP contribution in [0.25, 0.3) is 0 Å². The van der Waals surface area contributed by atoms with Gasteiger partial charge in [0.15, 0.2) is 0 Å². The van der Waals surface area contributed by atoms with E-state index in [1.165, 1.54) is 0 Å². The molecule has 0 saturated carbocycles. The zero-order valence-electron chi connectivity index (χ0n) is 11.3. The number of hydrogen-bond acceptors (Lipinski definition) is 2. The Morgan fingerprint density at radius 1 is 1.35 bits per heavy atom. The Hall–Kier alpha value is -0.590. The normalized spacial score (nSPS) is 13.4. The summed E-state index contributed by atoms with van der Waals surface area (Å²) in [6.07, 6.45) is -4.51. The smallest absolute Gasteiger partial charge is 0.372 e. The Bertz CT molecular complexity index is 398. The number of hydrogen-bond donors (Lipinski definition) is 1.